The fraction of sp³-hybridized carbons (Fsp3) is 0.0526. The summed E-state index contributed by atoms with van der Waals surface area (Å²) in [7, 11) is 0. The fourth-order valence-electron chi connectivity index (χ4n) is 2.51. The monoisotopic (exact) mass is 374 g/mol. The van der Waals surface area contributed by atoms with E-state index >= 15 is 0 Å². The summed E-state index contributed by atoms with van der Waals surface area (Å²) in [5.41, 5.74) is 0.669. The zero-order chi connectivity index (χ0) is 19.3. The molecular weight excluding hydrogens is 360 g/mol. The molecule has 0 fully saturated rings. The van der Waals surface area contributed by atoms with Crippen LogP contribution in [0, 0.1) is 0 Å². The van der Waals surface area contributed by atoms with Crippen LogP contribution in [-0.4, -0.2) is 30.9 Å². The number of hydrogen-bond acceptors (Lipinski definition) is 7. The predicted molar refractivity (Wildman–Crippen MR) is 101 cm³/mol. The molecule has 1 N–H and O–H groups in total. The zero-order valence-electron chi connectivity index (χ0n) is 14.5. The number of nitrogens with zero attached hydrogens (tertiary/aromatic N) is 5. The molecule has 28 heavy (non-hydrogen) atoms. The first-order chi connectivity index (χ1) is 13.7. The van der Waals surface area contributed by atoms with Crippen molar-refractivity contribution in [1.82, 2.24) is 25.0 Å². The molecule has 2 aromatic heterocycles. The number of hydrogen-bond donors (Lipinski definition) is 1. The van der Waals surface area contributed by atoms with E-state index in [2.05, 4.69) is 25.6 Å². The molecule has 2 heterocycles. The Hall–Kier alpha value is -4.14. The molecule has 2 aromatic carbocycles. The SMILES string of the molecule is O=C(Cn1nnc2ccccc2c1=O)Nc1ccc(Oc2ncccn2)cc1. The van der Waals surface area contributed by atoms with Gasteiger partial charge in [-0.25, -0.2) is 14.6 Å². The Morgan fingerprint density at radius 3 is 2.54 bits per heavy atom. The van der Waals surface area contributed by atoms with E-state index in [4.69, 9.17) is 4.74 Å². The Balaban J connectivity index is 1.43. The Kier molecular flexibility index (Phi) is 4.70. The highest BCUT2D eigenvalue weighted by atomic mass is 16.5. The summed E-state index contributed by atoms with van der Waals surface area (Å²) in [6, 6.07) is 15.5. The van der Waals surface area contributed by atoms with Gasteiger partial charge in [0.05, 0.1) is 5.39 Å². The molecule has 0 aliphatic heterocycles. The van der Waals surface area contributed by atoms with Crippen molar-refractivity contribution in [2.45, 2.75) is 6.54 Å². The van der Waals surface area contributed by atoms with Crippen molar-refractivity contribution in [3.05, 3.63) is 77.3 Å². The number of carbonyl (C=O) groups excluding carboxylic acids is 1. The van der Waals surface area contributed by atoms with E-state index in [1.165, 1.54) is 0 Å². The molecule has 0 bridgehead atoms. The number of nitrogens with one attached hydrogen (secondary N) is 1. The third-order valence-electron chi connectivity index (χ3n) is 3.81. The second kappa shape index (κ2) is 7.62. The summed E-state index contributed by atoms with van der Waals surface area (Å²) in [6.07, 6.45) is 3.16. The lowest BCUT2D eigenvalue weighted by atomic mass is 10.2. The summed E-state index contributed by atoms with van der Waals surface area (Å²) in [5.74, 6) is 0.132. The molecule has 9 nitrogen and oxygen atoms in total. The van der Waals surface area contributed by atoms with Gasteiger partial charge in [-0.2, -0.15) is 0 Å². The maximum Gasteiger partial charge on any atom is 0.321 e. The number of amides is 1. The minimum atomic E-state index is -0.397. The van der Waals surface area contributed by atoms with E-state index in [-0.39, 0.29) is 18.1 Å². The van der Waals surface area contributed by atoms with Crippen LogP contribution in [0.3, 0.4) is 0 Å². The van der Waals surface area contributed by atoms with Crippen molar-refractivity contribution in [2.24, 2.45) is 0 Å². The van der Waals surface area contributed by atoms with Gasteiger partial charge in [-0.3, -0.25) is 9.59 Å². The normalized spacial score (nSPS) is 10.6. The number of anilines is 1. The molecule has 0 saturated carbocycles. The first kappa shape index (κ1) is 17.3. The van der Waals surface area contributed by atoms with Gasteiger partial charge >= 0.3 is 6.01 Å². The average molecular weight is 374 g/mol. The number of rotatable bonds is 5. The summed E-state index contributed by atoms with van der Waals surface area (Å²) in [5, 5.41) is 10.9. The van der Waals surface area contributed by atoms with Gasteiger partial charge in [-0.05, 0) is 42.5 Å². The largest absolute Gasteiger partial charge is 0.424 e. The summed E-state index contributed by atoms with van der Waals surface area (Å²) in [6.45, 7) is -0.243. The first-order valence-electron chi connectivity index (χ1n) is 8.36. The Morgan fingerprint density at radius 1 is 1.00 bits per heavy atom. The molecule has 4 rings (SSSR count). The minimum absolute atomic E-state index is 0.230. The maximum atomic E-state index is 12.4. The summed E-state index contributed by atoms with van der Waals surface area (Å²) in [4.78, 5) is 32.6. The molecule has 4 aromatic rings. The van der Waals surface area contributed by atoms with Crippen LogP contribution in [0.4, 0.5) is 5.69 Å². The minimum Gasteiger partial charge on any atom is -0.424 e. The highest BCUT2D eigenvalue weighted by Gasteiger charge is 2.10. The maximum absolute atomic E-state index is 12.4. The van der Waals surface area contributed by atoms with E-state index in [0.29, 0.717) is 22.3 Å². The van der Waals surface area contributed by atoms with Gasteiger partial charge in [0.1, 0.15) is 17.8 Å². The van der Waals surface area contributed by atoms with Crippen LogP contribution >= 0.6 is 0 Å². The van der Waals surface area contributed by atoms with Gasteiger partial charge < -0.3 is 10.1 Å². The number of fused-ring (bicyclic) bond motifs is 1. The molecule has 0 spiro atoms. The third kappa shape index (κ3) is 3.83. The Labute approximate surface area is 158 Å². The van der Waals surface area contributed by atoms with Crippen LogP contribution in [0.2, 0.25) is 0 Å². The number of aromatic nitrogens is 5. The Bertz CT molecular complexity index is 1180. The van der Waals surface area contributed by atoms with Crippen LogP contribution in [0.15, 0.2) is 71.8 Å². The summed E-state index contributed by atoms with van der Waals surface area (Å²) >= 11 is 0. The van der Waals surface area contributed by atoms with E-state index in [1.54, 1.807) is 67.0 Å². The molecule has 0 saturated heterocycles. The number of carbonyl (C=O) groups is 1. The average Bonchev–Trinajstić information content (AvgIpc) is 2.72. The molecule has 0 atom stereocenters. The number of ether oxygens (including phenoxy) is 1. The molecular formula is C19H14N6O3. The summed E-state index contributed by atoms with van der Waals surface area (Å²) < 4.78 is 6.52. The topological polar surface area (TPSA) is 112 Å². The lowest BCUT2D eigenvalue weighted by molar-refractivity contribution is -0.117. The molecule has 0 aliphatic rings. The smallest absolute Gasteiger partial charge is 0.321 e. The quantitative estimate of drug-likeness (QED) is 0.569. The Morgan fingerprint density at radius 2 is 1.75 bits per heavy atom. The van der Waals surface area contributed by atoms with Crippen LogP contribution in [-0.2, 0) is 11.3 Å². The van der Waals surface area contributed by atoms with Crippen LogP contribution in [0.25, 0.3) is 10.9 Å². The molecule has 0 aliphatic carbocycles. The number of benzene rings is 2. The highest BCUT2D eigenvalue weighted by Crippen LogP contribution is 2.19. The van der Waals surface area contributed by atoms with Crippen molar-refractivity contribution in [1.29, 1.82) is 0 Å². The predicted octanol–water partition coefficient (Wildman–Crippen LogP) is 2.01. The van der Waals surface area contributed by atoms with E-state index in [1.807, 2.05) is 0 Å². The van der Waals surface area contributed by atoms with Crippen LogP contribution < -0.4 is 15.6 Å². The van der Waals surface area contributed by atoms with Crippen LogP contribution in [0.1, 0.15) is 0 Å². The van der Waals surface area contributed by atoms with Crippen molar-refractivity contribution in [3.63, 3.8) is 0 Å². The molecule has 1 amide bonds. The molecule has 9 heteroatoms. The van der Waals surface area contributed by atoms with Gasteiger partial charge in [0.2, 0.25) is 5.91 Å². The van der Waals surface area contributed by atoms with Gasteiger partial charge in [0, 0.05) is 18.1 Å². The lowest BCUT2D eigenvalue weighted by Gasteiger charge is -2.08. The second-order valence-corrected chi connectivity index (χ2v) is 5.78. The van der Waals surface area contributed by atoms with Crippen LogP contribution in [0.5, 0.6) is 11.8 Å². The molecule has 138 valence electrons. The fourth-order valence-corrected chi connectivity index (χ4v) is 2.51. The van der Waals surface area contributed by atoms with E-state index in [0.717, 1.165) is 4.68 Å². The van der Waals surface area contributed by atoms with Gasteiger partial charge in [-0.15, -0.1) is 5.10 Å². The standard InChI is InChI=1S/C19H14N6O3/c26-17(12-25-18(27)15-4-1-2-5-16(15)23-24-25)22-13-6-8-14(9-7-13)28-19-20-10-3-11-21-19/h1-11H,12H2,(H,22,26). The van der Waals surface area contributed by atoms with Crippen molar-refractivity contribution in [2.75, 3.05) is 5.32 Å². The van der Waals surface area contributed by atoms with Gasteiger partial charge in [-0.1, -0.05) is 17.3 Å². The van der Waals surface area contributed by atoms with Crippen molar-refractivity contribution >= 4 is 22.5 Å². The van der Waals surface area contributed by atoms with Crippen molar-refractivity contribution < 1.29 is 9.53 Å². The van der Waals surface area contributed by atoms with E-state index in [9.17, 15) is 9.59 Å². The third-order valence-corrected chi connectivity index (χ3v) is 3.81. The van der Waals surface area contributed by atoms with Gasteiger partial charge in [0.15, 0.2) is 0 Å². The highest BCUT2D eigenvalue weighted by molar-refractivity contribution is 5.90. The first-order valence-corrected chi connectivity index (χ1v) is 8.36. The van der Waals surface area contributed by atoms with Crippen molar-refractivity contribution in [3.8, 4) is 11.8 Å². The molecule has 0 radical (unpaired) electrons. The lowest BCUT2D eigenvalue weighted by Crippen LogP contribution is -2.30. The second-order valence-electron chi connectivity index (χ2n) is 5.78. The molecule has 0 unspecified atom stereocenters. The van der Waals surface area contributed by atoms with Gasteiger partial charge in [0.25, 0.3) is 5.56 Å². The zero-order valence-corrected chi connectivity index (χ0v) is 14.5. The van der Waals surface area contributed by atoms with E-state index < -0.39 is 5.91 Å².